The summed E-state index contributed by atoms with van der Waals surface area (Å²) >= 11 is 1.48. The lowest BCUT2D eigenvalue weighted by Gasteiger charge is -1.97. The van der Waals surface area contributed by atoms with Gasteiger partial charge in [0.05, 0.1) is 11.0 Å². The highest BCUT2D eigenvalue weighted by Crippen LogP contribution is 2.22. The molecule has 6 nitrogen and oxygen atoms in total. The van der Waals surface area contributed by atoms with Crippen molar-refractivity contribution in [3.8, 4) is 10.8 Å². The molecular weight excluding hydrogens is 252 g/mol. The quantitative estimate of drug-likeness (QED) is 0.484. The maximum atomic E-state index is 11.3. The highest BCUT2D eigenvalue weighted by atomic mass is 32.1. The number of nitrogens with one attached hydrogen (secondary N) is 2. The minimum Gasteiger partial charge on any atom is -0.336 e. The van der Waals surface area contributed by atoms with Crippen molar-refractivity contribution in [2.24, 2.45) is 0 Å². The fraction of sp³-hybridized carbons (Fsp3) is 0. The molecule has 90 valence electrons. The monoisotopic (exact) mass is 260 g/mol. The zero-order valence-electron chi connectivity index (χ0n) is 9.04. The van der Waals surface area contributed by atoms with E-state index in [2.05, 4.69) is 15.0 Å². The van der Waals surface area contributed by atoms with Crippen LogP contribution in [0, 0.1) is 0 Å². The van der Waals surface area contributed by atoms with E-state index in [-0.39, 0.29) is 0 Å². The summed E-state index contributed by atoms with van der Waals surface area (Å²) in [6, 6.07) is 4.94. The van der Waals surface area contributed by atoms with E-state index in [1.807, 2.05) is 5.38 Å². The third-order valence-electron chi connectivity index (χ3n) is 2.48. The first kappa shape index (κ1) is 10.9. The number of hydrogen-bond donors (Lipinski definition) is 3. The summed E-state index contributed by atoms with van der Waals surface area (Å²) in [4.78, 5) is 22.9. The van der Waals surface area contributed by atoms with Crippen LogP contribution < -0.4 is 5.48 Å². The van der Waals surface area contributed by atoms with Crippen molar-refractivity contribution >= 4 is 28.3 Å². The molecule has 3 N–H and O–H groups in total. The molecule has 1 amide bonds. The van der Waals surface area contributed by atoms with Gasteiger partial charge >= 0.3 is 0 Å². The lowest BCUT2D eigenvalue weighted by molar-refractivity contribution is 0.0706. The number of imidazole rings is 1. The van der Waals surface area contributed by atoms with Crippen LogP contribution in [0.25, 0.3) is 21.9 Å². The van der Waals surface area contributed by atoms with Crippen LogP contribution in [0.5, 0.6) is 0 Å². The Morgan fingerprint density at radius 2 is 2.33 bits per heavy atom. The standard InChI is InChI=1S/C11H8N4O2S/c16-10(15-17)6-1-2-7-8(5-6)14-9(13-7)11-12-3-4-18-11/h1-5,17H,(H,13,14)(H,15,16). The minimum absolute atomic E-state index is 0.360. The first-order valence-electron chi connectivity index (χ1n) is 5.12. The number of nitrogens with zero attached hydrogens (tertiary/aromatic N) is 2. The number of aromatic amines is 1. The molecule has 0 saturated heterocycles. The summed E-state index contributed by atoms with van der Waals surface area (Å²) in [5.41, 5.74) is 3.43. The van der Waals surface area contributed by atoms with Crippen LogP contribution in [-0.2, 0) is 0 Å². The topological polar surface area (TPSA) is 90.9 Å². The van der Waals surface area contributed by atoms with Crippen LogP contribution in [0.4, 0.5) is 0 Å². The van der Waals surface area contributed by atoms with Crippen molar-refractivity contribution < 1.29 is 10.0 Å². The van der Waals surface area contributed by atoms with Gasteiger partial charge in [-0.25, -0.2) is 15.4 Å². The van der Waals surface area contributed by atoms with Crippen molar-refractivity contribution in [1.29, 1.82) is 0 Å². The molecule has 0 spiro atoms. The second-order valence-corrected chi connectivity index (χ2v) is 4.49. The Morgan fingerprint density at radius 1 is 1.44 bits per heavy atom. The number of rotatable bonds is 2. The highest BCUT2D eigenvalue weighted by Gasteiger charge is 2.10. The molecule has 7 heteroatoms. The van der Waals surface area contributed by atoms with E-state index < -0.39 is 5.91 Å². The Labute approximate surface area is 105 Å². The number of hydroxylamine groups is 1. The number of aromatic nitrogens is 3. The Kier molecular flexibility index (Phi) is 2.54. The van der Waals surface area contributed by atoms with Crippen LogP contribution in [-0.4, -0.2) is 26.1 Å². The molecule has 0 fully saturated rings. The number of amides is 1. The van der Waals surface area contributed by atoms with Gasteiger partial charge in [-0.3, -0.25) is 10.0 Å². The maximum absolute atomic E-state index is 11.3. The van der Waals surface area contributed by atoms with E-state index in [1.165, 1.54) is 11.3 Å². The van der Waals surface area contributed by atoms with Gasteiger partial charge in [-0.1, -0.05) is 0 Å². The van der Waals surface area contributed by atoms with Crippen molar-refractivity contribution in [3.63, 3.8) is 0 Å². The normalized spacial score (nSPS) is 10.7. The van der Waals surface area contributed by atoms with Gasteiger partial charge in [0.15, 0.2) is 10.8 Å². The SMILES string of the molecule is O=C(NO)c1ccc2nc(-c3nccs3)[nH]c2c1. The zero-order chi connectivity index (χ0) is 12.5. The number of thiazole rings is 1. The van der Waals surface area contributed by atoms with Gasteiger partial charge < -0.3 is 4.98 Å². The van der Waals surface area contributed by atoms with E-state index in [4.69, 9.17) is 5.21 Å². The Hall–Kier alpha value is -2.25. The van der Waals surface area contributed by atoms with Crippen molar-refractivity contribution in [2.75, 3.05) is 0 Å². The van der Waals surface area contributed by atoms with E-state index in [1.54, 1.807) is 29.9 Å². The van der Waals surface area contributed by atoms with Crippen LogP contribution in [0.15, 0.2) is 29.8 Å². The molecule has 0 aliphatic carbocycles. The summed E-state index contributed by atoms with van der Waals surface area (Å²) in [5.74, 6) is 0.115. The summed E-state index contributed by atoms with van der Waals surface area (Å²) in [6.07, 6.45) is 1.71. The first-order chi connectivity index (χ1) is 8.78. The largest absolute Gasteiger partial charge is 0.336 e. The van der Waals surface area contributed by atoms with Crippen LogP contribution in [0.1, 0.15) is 10.4 Å². The lowest BCUT2D eigenvalue weighted by atomic mass is 10.2. The molecule has 0 radical (unpaired) electrons. The van der Waals surface area contributed by atoms with Crippen LogP contribution >= 0.6 is 11.3 Å². The molecule has 3 aromatic rings. The Morgan fingerprint density at radius 3 is 3.06 bits per heavy atom. The predicted molar refractivity (Wildman–Crippen MR) is 66.5 cm³/mol. The predicted octanol–water partition coefficient (Wildman–Crippen LogP) is 1.81. The summed E-state index contributed by atoms with van der Waals surface area (Å²) in [7, 11) is 0. The van der Waals surface area contributed by atoms with E-state index in [0.29, 0.717) is 11.4 Å². The van der Waals surface area contributed by atoms with Crippen molar-refractivity contribution in [3.05, 3.63) is 35.3 Å². The summed E-state index contributed by atoms with van der Waals surface area (Å²) in [5, 5.41) is 11.2. The summed E-state index contributed by atoms with van der Waals surface area (Å²) in [6.45, 7) is 0. The molecule has 18 heavy (non-hydrogen) atoms. The molecule has 2 aromatic heterocycles. The number of hydrogen-bond acceptors (Lipinski definition) is 5. The smallest absolute Gasteiger partial charge is 0.274 e. The molecule has 3 rings (SSSR count). The number of H-pyrrole nitrogens is 1. The van der Waals surface area contributed by atoms with E-state index >= 15 is 0 Å². The molecule has 0 bridgehead atoms. The Bertz CT molecular complexity index is 705. The van der Waals surface area contributed by atoms with Crippen LogP contribution in [0.2, 0.25) is 0 Å². The molecule has 0 aliphatic rings. The van der Waals surface area contributed by atoms with Gasteiger partial charge in [-0.2, -0.15) is 0 Å². The van der Waals surface area contributed by atoms with E-state index in [9.17, 15) is 4.79 Å². The number of carbonyl (C=O) groups excluding carboxylic acids is 1. The number of carbonyl (C=O) groups is 1. The number of fused-ring (bicyclic) bond motifs is 1. The average molecular weight is 260 g/mol. The first-order valence-corrected chi connectivity index (χ1v) is 6.00. The lowest BCUT2D eigenvalue weighted by Crippen LogP contribution is -2.18. The van der Waals surface area contributed by atoms with Gasteiger partial charge in [0.1, 0.15) is 0 Å². The number of benzene rings is 1. The van der Waals surface area contributed by atoms with Gasteiger partial charge in [-0.15, -0.1) is 11.3 Å². The fourth-order valence-corrected chi connectivity index (χ4v) is 2.24. The van der Waals surface area contributed by atoms with Crippen LogP contribution in [0.3, 0.4) is 0 Å². The zero-order valence-corrected chi connectivity index (χ0v) is 9.86. The van der Waals surface area contributed by atoms with E-state index in [0.717, 1.165) is 16.0 Å². The molecule has 0 aliphatic heterocycles. The second-order valence-electron chi connectivity index (χ2n) is 3.60. The van der Waals surface area contributed by atoms with Crippen molar-refractivity contribution in [2.45, 2.75) is 0 Å². The van der Waals surface area contributed by atoms with Gasteiger partial charge in [0.2, 0.25) is 0 Å². The molecule has 0 atom stereocenters. The van der Waals surface area contributed by atoms with Gasteiger partial charge in [0.25, 0.3) is 5.91 Å². The molecule has 0 unspecified atom stereocenters. The molecule has 0 saturated carbocycles. The Balaban J connectivity index is 2.10. The maximum Gasteiger partial charge on any atom is 0.274 e. The minimum atomic E-state index is -0.553. The van der Waals surface area contributed by atoms with Gasteiger partial charge in [-0.05, 0) is 18.2 Å². The molecular formula is C11H8N4O2S. The second kappa shape index (κ2) is 4.21. The summed E-state index contributed by atoms with van der Waals surface area (Å²) < 4.78 is 0. The third kappa shape index (κ3) is 1.75. The molecule has 1 aromatic carbocycles. The van der Waals surface area contributed by atoms with Crippen molar-refractivity contribution in [1.82, 2.24) is 20.4 Å². The highest BCUT2D eigenvalue weighted by molar-refractivity contribution is 7.13. The average Bonchev–Trinajstić information content (AvgIpc) is 3.04. The van der Waals surface area contributed by atoms with Gasteiger partial charge in [0, 0.05) is 17.1 Å². The molecule has 2 heterocycles. The fourth-order valence-electron chi connectivity index (χ4n) is 1.66. The third-order valence-corrected chi connectivity index (χ3v) is 3.26.